The fourth-order valence-electron chi connectivity index (χ4n) is 4.02. The lowest BCUT2D eigenvalue weighted by molar-refractivity contribution is -0.121. The van der Waals surface area contributed by atoms with E-state index in [0.717, 1.165) is 39.7 Å². The molecule has 2 aromatic carbocycles. The minimum absolute atomic E-state index is 0.0209. The Morgan fingerprint density at radius 1 is 1.06 bits per heavy atom. The van der Waals surface area contributed by atoms with Crippen molar-refractivity contribution in [2.24, 2.45) is 5.92 Å². The molecule has 1 aromatic heterocycles. The third kappa shape index (κ3) is 4.43. The Labute approximate surface area is 183 Å². The maximum absolute atomic E-state index is 13.0. The van der Waals surface area contributed by atoms with Crippen LogP contribution in [-0.2, 0) is 11.2 Å². The number of fused-ring (bicyclic) bond motifs is 1. The number of aryl methyl sites for hydroxylation is 1. The van der Waals surface area contributed by atoms with E-state index in [0.29, 0.717) is 13.2 Å². The number of rotatable bonds is 6. The Morgan fingerprint density at radius 2 is 1.77 bits per heavy atom. The minimum Gasteiger partial charge on any atom is -0.486 e. The van der Waals surface area contributed by atoms with Gasteiger partial charge in [-0.25, -0.2) is 4.68 Å². The number of hydrogen-bond donors (Lipinski definition) is 1. The lowest BCUT2D eigenvalue weighted by Gasteiger charge is -2.25. The molecular weight excluding hydrogens is 390 g/mol. The van der Waals surface area contributed by atoms with Gasteiger partial charge in [0.25, 0.3) is 0 Å². The first-order valence-corrected chi connectivity index (χ1v) is 10.7. The Hall–Kier alpha value is -3.28. The van der Waals surface area contributed by atoms with Crippen LogP contribution in [0.3, 0.4) is 0 Å². The largest absolute Gasteiger partial charge is 0.486 e. The van der Waals surface area contributed by atoms with Gasteiger partial charge in [0, 0.05) is 11.3 Å². The molecule has 1 amide bonds. The highest BCUT2D eigenvalue weighted by molar-refractivity contribution is 5.79. The molecule has 0 spiro atoms. The van der Waals surface area contributed by atoms with Gasteiger partial charge in [0.15, 0.2) is 11.5 Å². The molecule has 31 heavy (non-hydrogen) atoms. The topological polar surface area (TPSA) is 65.4 Å². The van der Waals surface area contributed by atoms with Crippen LogP contribution in [0, 0.1) is 19.8 Å². The van der Waals surface area contributed by atoms with E-state index in [9.17, 15) is 4.79 Å². The zero-order valence-corrected chi connectivity index (χ0v) is 18.5. The van der Waals surface area contributed by atoms with Crippen molar-refractivity contribution < 1.29 is 14.3 Å². The van der Waals surface area contributed by atoms with Gasteiger partial charge in [-0.05, 0) is 49.6 Å². The molecule has 2 heterocycles. The molecule has 6 nitrogen and oxygen atoms in total. The van der Waals surface area contributed by atoms with Crippen molar-refractivity contribution in [2.45, 2.75) is 40.2 Å². The van der Waals surface area contributed by atoms with Crippen LogP contribution in [0.25, 0.3) is 5.69 Å². The molecule has 1 N–H and O–H groups in total. The van der Waals surface area contributed by atoms with Crippen LogP contribution in [0.15, 0.2) is 48.5 Å². The standard InChI is InChI=1S/C25H29N3O3/c1-16(2)25(19-10-11-22-23(14-19)31-13-12-30-22)26-24(29)15-21-17(3)27-28(18(21)4)20-8-6-5-7-9-20/h5-11,14,16,25H,12-13,15H2,1-4H3,(H,26,29)/t25-/m1/s1. The molecule has 0 saturated carbocycles. The summed E-state index contributed by atoms with van der Waals surface area (Å²) >= 11 is 0. The highest BCUT2D eigenvalue weighted by Crippen LogP contribution is 2.34. The minimum atomic E-state index is -0.117. The fraction of sp³-hybridized carbons (Fsp3) is 0.360. The summed E-state index contributed by atoms with van der Waals surface area (Å²) in [5.74, 6) is 1.69. The molecule has 6 heteroatoms. The monoisotopic (exact) mass is 419 g/mol. The predicted octanol–water partition coefficient (Wildman–Crippen LogP) is 4.32. The smallest absolute Gasteiger partial charge is 0.225 e. The van der Waals surface area contributed by atoms with Crippen molar-refractivity contribution in [3.63, 3.8) is 0 Å². The number of nitrogens with one attached hydrogen (secondary N) is 1. The molecule has 1 aliphatic heterocycles. The van der Waals surface area contributed by atoms with Crippen molar-refractivity contribution in [1.82, 2.24) is 15.1 Å². The van der Waals surface area contributed by atoms with Crippen LogP contribution in [0.4, 0.5) is 0 Å². The summed E-state index contributed by atoms with van der Waals surface area (Å²) in [4.78, 5) is 13.0. The van der Waals surface area contributed by atoms with Crippen LogP contribution in [-0.4, -0.2) is 28.9 Å². The van der Waals surface area contributed by atoms with E-state index >= 15 is 0 Å². The number of nitrogens with zero attached hydrogens (tertiary/aromatic N) is 2. The predicted molar refractivity (Wildman–Crippen MR) is 120 cm³/mol. The zero-order chi connectivity index (χ0) is 22.0. The second kappa shape index (κ2) is 8.84. The zero-order valence-electron chi connectivity index (χ0n) is 18.5. The van der Waals surface area contributed by atoms with Crippen LogP contribution in [0.1, 0.15) is 42.4 Å². The van der Waals surface area contributed by atoms with E-state index in [1.165, 1.54) is 0 Å². The highest BCUT2D eigenvalue weighted by Gasteiger charge is 2.23. The number of ether oxygens (including phenoxy) is 2. The van der Waals surface area contributed by atoms with Gasteiger partial charge in [-0.2, -0.15) is 5.10 Å². The van der Waals surface area contributed by atoms with E-state index < -0.39 is 0 Å². The van der Waals surface area contributed by atoms with Crippen molar-refractivity contribution in [2.75, 3.05) is 13.2 Å². The molecule has 1 aliphatic rings. The van der Waals surface area contributed by atoms with Crippen molar-refractivity contribution >= 4 is 5.91 Å². The molecule has 0 saturated heterocycles. The number of carbonyl (C=O) groups excluding carboxylic acids is 1. The van der Waals surface area contributed by atoms with E-state index in [1.807, 2.05) is 67.1 Å². The number of benzene rings is 2. The molecular formula is C25H29N3O3. The van der Waals surface area contributed by atoms with E-state index in [4.69, 9.17) is 9.47 Å². The lowest BCUT2D eigenvalue weighted by Crippen LogP contribution is -2.33. The normalized spacial score (nSPS) is 13.8. The number of para-hydroxylation sites is 1. The van der Waals surface area contributed by atoms with Crippen molar-refractivity contribution in [3.8, 4) is 17.2 Å². The van der Waals surface area contributed by atoms with Crippen molar-refractivity contribution in [3.05, 3.63) is 71.0 Å². The molecule has 1 atom stereocenters. The summed E-state index contributed by atoms with van der Waals surface area (Å²) in [6.45, 7) is 9.27. The molecule has 0 unspecified atom stereocenters. The second-order valence-corrected chi connectivity index (χ2v) is 8.27. The third-order valence-electron chi connectivity index (χ3n) is 5.69. The fourth-order valence-corrected chi connectivity index (χ4v) is 4.02. The maximum atomic E-state index is 13.0. The molecule has 162 valence electrons. The third-order valence-corrected chi connectivity index (χ3v) is 5.69. The van der Waals surface area contributed by atoms with Gasteiger partial charge in [-0.1, -0.05) is 38.1 Å². The van der Waals surface area contributed by atoms with E-state index in [1.54, 1.807) is 0 Å². The summed E-state index contributed by atoms with van der Waals surface area (Å²) in [5.41, 5.74) is 4.83. The Morgan fingerprint density at radius 3 is 2.48 bits per heavy atom. The molecule has 0 fully saturated rings. The molecule has 3 aromatic rings. The Kier molecular flexibility index (Phi) is 5.98. The van der Waals surface area contributed by atoms with E-state index in [-0.39, 0.29) is 24.3 Å². The highest BCUT2D eigenvalue weighted by atomic mass is 16.6. The summed E-state index contributed by atoms with van der Waals surface area (Å²) in [7, 11) is 0. The molecule has 0 bridgehead atoms. The van der Waals surface area contributed by atoms with Gasteiger partial charge in [0.1, 0.15) is 13.2 Å². The average molecular weight is 420 g/mol. The van der Waals surface area contributed by atoms with Crippen LogP contribution in [0.2, 0.25) is 0 Å². The second-order valence-electron chi connectivity index (χ2n) is 8.27. The van der Waals surface area contributed by atoms with E-state index in [2.05, 4.69) is 24.3 Å². The van der Waals surface area contributed by atoms with Gasteiger partial charge in [0.2, 0.25) is 5.91 Å². The summed E-state index contributed by atoms with van der Waals surface area (Å²) in [5, 5.41) is 7.88. The average Bonchev–Trinajstić information content (AvgIpc) is 3.06. The summed E-state index contributed by atoms with van der Waals surface area (Å²) in [6, 6.07) is 15.8. The lowest BCUT2D eigenvalue weighted by atomic mass is 9.95. The molecule has 0 radical (unpaired) electrons. The maximum Gasteiger partial charge on any atom is 0.225 e. The SMILES string of the molecule is Cc1nn(-c2ccccc2)c(C)c1CC(=O)N[C@@H](c1ccc2c(c1)OCCO2)C(C)C. The van der Waals surface area contributed by atoms with Gasteiger partial charge < -0.3 is 14.8 Å². The van der Waals surface area contributed by atoms with Crippen LogP contribution in [0.5, 0.6) is 11.5 Å². The first-order chi connectivity index (χ1) is 14.9. The number of amides is 1. The number of aromatic nitrogens is 2. The van der Waals surface area contributed by atoms with Crippen LogP contribution < -0.4 is 14.8 Å². The molecule has 0 aliphatic carbocycles. The summed E-state index contributed by atoms with van der Waals surface area (Å²) < 4.78 is 13.2. The van der Waals surface area contributed by atoms with Gasteiger partial charge in [-0.3, -0.25) is 4.79 Å². The summed E-state index contributed by atoms with van der Waals surface area (Å²) in [6.07, 6.45) is 0.290. The Bertz CT molecular complexity index is 1070. The van der Waals surface area contributed by atoms with Crippen molar-refractivity contribution in [1.29, 1.82) is 0 Å². The number of hydrogen-bond acceptors (Lipinski definition) is 4. The first-order valence-electron chi connectivity index (χ1n) is 10.7. The van der Waals surface area contributed by atoms with Gasteiger partial charge in [0.05, 0.1) is 23.8 Å². The van der Waals surface area contributed by atoms with Crippen LogP contribution >= 0.6 is 0 Å². The first kappa shape index (κ1) is 21.0. The Balaban J connectivity index is 1.53. The van der Waals surface area contributed by atoms with Gasteiger partial charge >= 0.3 is 0 Å². The number of carbonyl (C=O) groups is 1. The van der Waals surface area contributed by atoms with Gasteiger partial charge in [-0.15, -0.1) is 0 Å². The quantitative estimate of drug-likeness (QED) is 0.646. The molecule has 4 rings (SSSR count).